The van der Waals surface area contributed by atoms with E-state index in [1.807, 2.05) is 0 Å². The Kier molecular flexibility index (Phi) is 3.56. The first-order valence-corrected chi connectivity index (χ1v) is 6.83. The monoisotopic (exact) mass is 331 g/mol. The van der Waals surface area contributed by atoms with Crippen LogP contribution in [0.25, 0.3) is 16.0 Å². The van der Waals surface area contributed by atoms with E-state index < -0.39 is 30.1 Å². The van der Waals surface area contributed by atoms with E-state index in [4.69, 9.17) is 16.0 Å². The highest BCUT2D eigenvalue weighted by atomic mass is 16.6. The minimum absolute atomic E-state index is 0.0716. The van der Waals surface area contributed by atoms with Gasteiger partial charge in [-0.1, -0.05) is 5.11 Å². The summed E-state index contributed by atoms with van der Waals surface area (Å²) in [5.41, 5.74) is 11.1. The molecule has 3 rings (SSSR count). The van der Waals surface area contributed by atoms with Gasteiger partial charge in [0.15, 0.2) is 0 Å². The Morgan fingerprint density at radius 1 is 1.46 bits per heavy atom. The first-order valence-electron chi connectivity index (χ1n) is 6.83. The summed E-state index contributed by atoms with van der Waals surface area (Å²) >= 11 is 0. The highest BCUT2D eigenvalue weighted by Gasteiger charge is 2.64. The number of anilines is 1. The molecule has 2 aromatic heterocycles. The van der Waals surface area contributed by atoms with Crippen molar-refractivity contribution in [3.05, 3.63) is 40.5 Å². The second kappa shape index (κ2) is 5.34. The molecule has 4 atom stereocenters. The van der Waals surface area contributed by atoms with Gasteiger partial charge in [-0.15, -0.1) is 0 Å². The third-order valence-electron chi connectivity index (χ3n) is 4.09. The largest absolute Gasteiger partial charge is 0.397 e. The topological polar surface area (TPSA) is 186 Å². The number of azide groups is 1. The molecule has 1 fully saturated rings. The van der Waals surface area contributed by atoms with E-state index >= 15 is 0 Å². The Labute approximate surface area is 134 Å². The van der Waals surface area contributed by atoms with Crippen LogP contribution in [0, 0.1) is 11.3 Å². The molecule has 0 aromatic carbocycles. The molecule has 3 heterocycles. The lowest BCUT2D eigenvalue weighted by atomic mass is 9.91. The average Bonchev–Trinajstić information content (AvgIpc) is 3.11. The van der Waals surface area contributed by atoms with Crippen LogP contribution in [-0.4, -0.2) is 49.5 Å². The lowest BCUT2D eigenvalue weighted by molar-refractivity contribution is -0.131. The van der Waals surface area contributed by atoms with Gasteiger partial charge < -0.3 is 25.8 Å². The molecule has 1 aliphatic heterocycles. The zero-order valence-electron chi connectivity index (χ0n) is 12.2. The van der Waals surface area contributed by atoms with Crippen molar-refractivity contribution in [3.63, 3.8) is 0 Å². The Balaban J connectivity index is 2.25. The fraction of sp³-hybridized carbons (Fsp3) is 0.385. The molecule has 11 nitrogen and oxygen atoms in total. The third-order valence-corrected chi connectivity index (χ3v) is 4.09. The molecule has 0 radical (unpaired) electrons. The maximum absolute atomic E-state index is 10.4. The van der Waals surface area contributed by atoms with Crippen LogP contribution in [0.15, 0.2) is 29.5 Å². The summed E-state index contributed by atoms with van der Waals surface area (Å²) in [5.74, 6) is 0. The number of rotatable bonds is 3. The van der Waals surface area contributed by atoms with Gasteiger partial charge in [0, 0.05) is 11.1 Å². The molecule has 5 N–H and O–H groups in total. The summed E-state index contributed by atoms with van der Waals surface area (Å²) in [6, 6.07) is 6.35. The van der Waals surface area contributed by atoms with E-state index in [-0.39, 0.29) is 5.69 Å². The quantitative estimate of drug-likeness (QED) is 0.328. The van der Waals surface area contributed by atoms with Crippen LogP contribution in [0.1, 0.15) is 5.69 Å². The lowest BCUT2D eigenvalue weighted by Crippen LogP contribution is -2.44. The zero-order chi connectivity index (χ0) is 17.5. The minimum atomic E-state index is -2.20. The van der Waals surface area contributed by atoms with Crippen molar-refractivity contribution in [1.29, 1.82) is 5.26 Å². The van der Waals surface area contributed by atoms with Crippen LogP contribution in [0.5, 0.6) is 0 Å². The lowest BCUT2D eigenvalue weighted by Gasteiger charge is -2.26. The normalized spacial score (nSPS) is 32.4. The smallest absolute Gasteiger partial charge is 0.226 e. The number of hydrogen-bond acceptors (Lipinski definition) is 8. The highest BCUT2D eigenvalue weighted by molar-refractivity contribution is 5.69. The fourth-order valence-electron chi connectivity index (χ4n) is 2.85. The molecule has 24 heavy (non-hydrogen) atoms. The Bertz CT molecular complexity index is 886. The van der Waals surface area contributed by atoms with Gasteiger partial charge in [-0.25, -0.2) is 4.52 Å². The minimum Gasteiger partial charge on any atom is -0.397 e. The van der Waals surface area contributed by atoms with Crippen molar-refractivity contribution in [2.24, 2.45) is 5.11 Å². The third kappa shape index (κ3) is 1.86. The predicted molar refractivity (Wildman–Crippen MR) is 79.0 cm³/mol. The summed E-state index contributed by atoms with van der Waals surface area (Å²) < 4.78 is 6.73. The molecular formula is C13H13N7O4. The number of ether oxygens (including phenoxy) is 1. The second-order valence-electron chi connectivity index (χ2n) is 5.33. The van der Waals surface area contributed by atoms with Gasteiger partial charge in [0.05, 0.1) is 23.5 Å². The molecule has 0 amide bonds. The summed E-state index contributed by atoms with van der Waals surface area (Å²) in [6.07, 6.45) is -2.24. The van der Waals surface area contributed by atoms with Crippen molar-refractivity contribution in [2.75, 3.05) is 12.3 Å². The molecule has 1 saturated heterocycles. The standard InChI is InChI=1S/C13H13N7O4/c14-5-12(9-2-1-8-7(15)3-4-17-20(8)9)10(22)11(23)13(6-21,24-12)18-19-16/h1-4,10-11,21-23H,6,15H2/t10-,11+,12+,13-/m1/s1. The maximum Gasteiger partial charge on any atom is 0.226 e. The Hall–Kier alpha value is -2.87. The summed E-state index contributed by atoms with van der Waals surface area (Å²) in [5, 5.41) is 47.1. The summed E-state index contributed by atoms with van der Waals surface area (Å²) in [6.45, 7) is -0.933. The van der Waals surface area contributed by atoms with Crippen LogP contribution < -0.4 is 5.73 Å². The first-order chi connectivity index (χ1) is 11.5. The van der Waals surface area contributed by atoms with E-state index in [0.717, 1.165) is 0 Å². The number of nitriles is 1. The zero-order valence-corrected chi connectivity index (χ0v) is 12.2. The fourth-order valence-corrected chi connectivity index (χ4v) is 2.85. The van der Waals surface area contributed by atoms with E-state index in [1.54, 1.807) is 18.2 Å². The highest BCUT2D eigenvalue weighted by Crippen LogP contribution is 2.46. The van der Waals surface area contributed by atoms with Gasteiger partial charge in [0.1, 0.15) is 18.3 Å². The molecule has 124 valence electrons. The number of nitrogens with two attached hydrogens (primary N) is 1. The van der Waals surface area contributed by atoms with Gasteiger partial charge in [-0.2, -0.15) is 10.4 Å². The molecule has 0 bridgehead atoms. The molecule has 2 aromatic rings. The number of hydrogen-bond donors (Lipinski definition) is 4. The van der Waals surface area contributed by atoms with E-state index in [0.29, 0.717) is 11.2 Å². The van der Waals surface area contributed by atoms with Crippen molar-refractivity contribution in [3.8, 4) is 6.07 Å². The van der Waals surface area contributed by atoms with Crippen LogP contribution in [0.4, 0.5) is 5.69 Å². The molecular weight excluding hydrogens is 318 g/mol. The summed E-state index contributed by atoms with van der Waals surface area (Å²) in [4.78, 5) is 2.52. The molecule has 0 unspecified atom stereocenters. The number of nitrogen functional groups attached to an aromatic ring is 1. The number of aromatic nitrogens is 2. The van der Waals surface area contributed by atoms with Crippen molar-refractivity contribution in [1.82, 2.24) is 9.61 Å². The van der Waals surface area contributed by atoms with Crippen molar-refractivity contribution < 1.29 is 20.1 Å². The Morgan fingerprint density at radius 3 is 2.83 bits per heavy atom. The van der Waals surface area contributed by atoms with Gasteiger partial charge in [0.25, 0.3) is 0 Å². The SMILES string of the molecule is N#C[C@@]1(c2ccc3c(N)ccnn23)O[C@@](CO)(N=[N+]=[N-])[C@@H](O)[C@H]1O. The number of fused-ring (bicyclic) bond motifs is 1. The number of aliphatic hydroxyl groups excluding tert-OH is 3. The van der Waals surface area contributed by atoms with Crippen molar-refractivity contribution >= 4 is 11.2 Å². The number of aliphatic hydroxyl groups is 3. The first kappa shape index (κ1) is 16.0. The summed E-state index contributed by atoms with van der Waals surface area (Å²) in [7, 11) is 0. The molecule has 1 aliphatic rings. The number of nitrogens with zero attached hydrogens (tertiary/aromatic N) is 6. The van der Waals surface area contributed by atoms with Gasteiger partial charge in [0.2, 0.25) is 11.3 Å². The van der Waals surface area contributed by atoms with E-state index in [2.05, 4.69) is 15.1 Å². The van der Waals surface area contributed by atoms with Gasteiger partial charge in [-0.3, -0.25) is 0 Å². The Morgan fingerprint density at radius 2 is 2.21 bits per heavy atom. The van der Waals surface area contributed by atoms with Crippen LogP contribution >= 0.6 is 0 Å². The predicted octanol–water partition coefficient (Wildman–Crippen LogP) is -0.614. The van der Waals surface area contributed by atoms with Crippen LogP contribution in [0.2, 0.25) is 0 Å². The van der Waals surface area contributed by atoms with E-state index in [1.165, 1.54) is 16.8 Å². The van der Waals surface area contributed by atoms with E-state index in [9.17, 15) is 20.6 Å². The maximum atomic E-state index is 10.4. The second-order valence-corrected chi connectivity index (χ2v) is 5.33. The van der Waals surface area contributed by atoms with Crippen LogP contribution in [-0.2, 0) is 10.3 Å². The van der Waals surface area contributed by atoms with Gasteiger partial charge >= 0.3 is 0 Å². The molecule has 0 aliphatic carbocycles. The average molecular weight is 331 g/mol. The van der Waals surface area contributed by atoms with Crippen molar-refractivity contribution in [2.45, 2.75) is 23.5 Å². The van der Waals surface area contributed by atoms with Crippen LogP contribution in [0.3, 0.4) is 0 Å². The molecule has 0 spiro atoms. The van der Waals surface area contributed by atoms with Gasteiger partial charge in [-0.05, 0) is 23.7 Å². The molecule has 0 saturated carbocycles. The molecule has 11 heteroatoms.